The fraction of sp³-hybridized carbons (Fsp3) is 0.784. The Bertz CT molecular complexity index is 1160. The van der Waals surface area contributed by atoms with Crippen LogP contribution in [0.4, 0.5) is 0 Å². The van der Waals surface area contributed by atoms with Crippen LogP contribution < -0.4 is 10.2 Å². The highest BCUT2D eigenvalue weighted by Gasteiger charge is 2.23. The lowest BCUT2D eigenvalue weighted by atomic mass is 10.0. The van der Waals surface area contributed by atoms with E-state index in [1.54, 1.807) is 6.08 Å². The fourth-order valence-corrected chi connectivity index (χ4v) is 7.57. The zero-order chi connectivity index (χ0) is 44.3. The van der Waals surface area contributed by atoms with E-state index in [0.717, 1.165) is 57.8 Å². The number of likely N-dealkylation sites (N-methyl/N-ethyl adjacent to an activating group) is 1. The number of carbonyl (C=O) groups is 1. The van der Waals surface area contributed by atoms with E-state index in [4.69, 9.17) is 9.05 Å². The van der Waals surface area contributed by atoms with Crippen LogP contribution in [0.5, 0.6) is 0 Å². The van der Waals surface area contributed by atoms with Crippen molar-refractivity contribution < 1.29 is 32.9 Å². The monoisotopic (exact) mass is 863 g/mol. The molecule has 0 aromatic heterocycles. The second-order valence-electron chi connectivity index (χ2n) is 17.8. The molecule has 3 atom stereocenters. The van der Waals surface area contributed by atoms with Crippen LogP contribution in [0, 0.1) is 0 Å². The number of unbranched alkanes of at least 4 members (excludes halogenated alkanes) is 23. The van der Waals surface area contributed by atoms with E-state index in [2.05, 4.69) is 67.8 Å². The maximum Gasteiger partial charge on any atom is 0.268 e. The van der Waals surface area contributed by atoms with Gasteiger partial charge in [-0.1, -0.05) is 203 Å². The molecule has 0 aromatic rings. The molecule has 0 saturated carbocycles. The summed E-state index contributed by atoms with van der Waals surface area (Å²) in [6.07, 6.45) is 55.7. The van der Waals surface area contributed by atoms with Gasteiger partial charge in [-0.15, -0.1) is 0 Å². The average molecular weight is 863 g/mol. The molecule has 0 aliphatic heterocycles. The molecule has 0 aliphatic rings. The summed E-state index contributed by atoms with van der Waals surface area (Å²) in [6, 6.07) is -0.910. The van der Waals surface area contributed by atoms with Crippen molar-refractivity contribution in [2.75, 3.05) is 40.9 Å². The van der Waals surface area contributed by atoms with Crippen LogP contribution in [0.15, 0.2) is 60.8 Å². The first-order valence-corrected chi connectivity index (χ1v) is 26.1. The van der Waals surface area contributed by atoms with E-state index >= 15 is 0 Å². The number of carbonyl (C=O) groups excluding carboxylic acids is 1. The number of nitrogens with one attached hydrogen (secondary N) is 1. The van der Waals surface area contributed by atoms with Gasteiger partial charge in [-0.2, -0.15) is 0 Å². The second kappa shape index (κ2) is 42.5. The highest BCUT2D eigenvalue weighted by atomic mass is 31.2. The Morgan fingerprint density at radius 2 is 1.02 bits per heavy atom. The molecule has 3 unspecified atom stereocenters. The molecule has 0 fully saturated rings. The molecule has 60 heavy (non-hydrogen) atoms. The zero-order valence-electron chi connectivity index (χ0n) is 39.6. The number of amides is 1. The van der Waals surface area contributed by atoms with Crippen LogP contribution in [-0.2, 0) is 18.4 Å². The summed E-state index contributed by atoms with van der Waals surface area (Å²) >= 11 is 0. The van der Waals surface area contributed by atoms with Gasteiger partial charge < -0.3 is 28.8 Å². The van der Waals surface area contributed by atoms with E-state index in [1.165, 1.54) is 122 Å². The molecule has 350 valence electrons. The van der Waals surface area contributed by atoms with Crippen molar-refractivity contribution in [2.24, 2.45) is 0 Å². The van der Waals surface area contributed by atoms with Gasteiger partial charge in [-0.05, 0) is 57.8 Å². The average Bonchev–Trinajstić information content (AvgIpc) is 3.20. The molecule has 0 heterocycles. The molecule has 9 heteroatoms. The highest BCUT2D eigenvalue weighted by Crippen LogP contribution is 2.38. The molecule has 0 aromatic carbocycles. The summed E-state index contributed by atoms with van der Waals surface area (Å²) in [7, 11) is 1.23. The molecule has 0 bridgehead atoms. The minimum absolute atomic E-state index is 0.0114. The van der Waals surface area contributed by atoms with Crippen LogP contribution in [0.1, 0.15) is 206 Å². The van der Waals surface area contributed by atoms with Gasteiger partial charge in [0.25, 0.3) is 7.82 Å². The first-order chi connectivity index (χ1) is 29.0. The quantitative estimate of drug-likeness (QED) is 0.0273. The number of nitrogens with zero attached hydrogens (tertiary/aromatic N) is 1. The number of allylic oxidation sites excluding steroid dienone is 9. The van der Waals surface area contributed by atoms with Gasteiger partial charge in [-0.3, -0.25) is 9.36 Å². The van der Waals surface area contributed by atoms with Gasteiger partial charge in [-0.25, -0.2) is 0 Å². The van der Waals surface area contributed by atoms with E-state index in [1.807, 2.05) is 27.2 Å². The van der Waals surface area contributed by atoms with Crippen molar-refractivity contribution in [3.05, 3.63) is 60.8 Å². The highest BCUT2D eigenvalue weighted by molar-refractivity contribution is 7.45. The maximum absolute atomic E-state index is 12.9. The summed E-state index contributed by atoms with van der Waals surface area (Å²) in [5.41, 5.74) is 0. The molecule has 2 N–H and O–H groups in total. The Hall–Kier alpha value is -1.80. The lowest BCUT2D eigenvalue weighted by molar-refractivity contribution is -0.870. The van der Waals surface area contributed by atoms with E-state index in [9.17, 15) is 19.4 Å². The Labute approximate surface area is 371 Å². The number of hydrogen-bond acceptors (Lipinski definition) is 6. The Morgan fingerprint density at radius 1 is 0.600 bits per heavy atom. The van der Waals surface area contributed by atoms with Crippen LogP contribution >= 0.6 is 7.82 Å². The number of phosphoric acid groups is 1. The number of hydrogen-bond donors (Lipinski definition) is 2. The number of aliphatic hydroxyl groups is 1. The van der Waals surface area contributed by atoms with Crippen molar-refractivity contribution in [1.29, 1.82) is 0 Å². The molecule has 0 radical (unpaired) electrons. The van der Waals surface area contributed by atoms with Crippen molar-refractivity contribution >= 4 is 13.7 Å². The van der Waals surface area contributed by atoms with Gasteiger partial charge in [0.2, 0.25) is 5.91 Å². The number of aliphatic hydroxyl groups excluding tert-OH is 1. The van der Waals surface area contributed by atoms with Crippen molar-refractivity contribution in [2.45, 2.75) is 219 Å². The topological polar surface area (TPSA) is 108 Å². The summed E-state index contributed by atoms with van der Waals surface area (Å²) in [5.74, 6) is -0.239. The predicted octanol–water partition coefficient (Wildman–Crippen LogP) is 13.6. The lowest BCUT2D eigenvalue weighted by Crippen LogP contribution is -2.45. The number of phosphoric ester groups is 1. The summed E-state index contributed by atoms with van der Waals surface area (Å²) < 4.78 is 23.2. The van der Waals surface area contributed by atoms with Gasteiger partial charge in [0.15, 0.2) is 0 Å². The fourth-order valence-electron chi connectivity index (χ4n) is 6.85. The third-order valence-corrected chi connectivity index (χ3v) is 11.7. The largest absolute Gasteiger partial charge is 0.756 e. The molecular weight excluding hydrogens is 768 g/mol. The smallest absolute Gasteiger partial charge is 0.268 e. The van der Waals surface area contributed by atoms with E-state index < -0.39 is 26.6 Å². The Morgan fingerprint density at radius 3 is 1.48 bits per heavy atom. The van der Waals surface area contributed by atoms with Crippen molar-refractivity contribution in [3.63, 3.8) is 0 Å². The van der Waals surface area contributed by atoms with E-state index in [-0.39, 0.29) is 18.9 Å². The molecule has 0 aliphatic carbocycles. The van der Waals surface area contributed by atoms with Crippen LogP contribution in [0.3, 0.4) is 0 Å². The normalized spacial score (nSPS) is 14.7. The molecule has 0 saturated heterocycles. The summed E-state index contributed by atoms with van der Waals surface area (Å²) in [6.45, 7) is 4.50. The third-order valence-electron chi connectivity index (χ3n) is 10.7. The predicted molar refractivity (Wildman–Crippen MR) is 256 cm³/mol. The molecule has 0 rings (SSSR count). The van der Waals surface area contributed by atoms with E-state index in [0.29, 0.717) is 17.4 Å². The van der Waals surface area contributed by atoms with Gasteiger partial charge >= 0.3 is 0 Å². The molecule has 8 nitrogen and oxygen atoms in total. The van der Waals surface area contributed by atoms with Gasteiger partial charge in [0.1, 0.15) is 13.2 Å². The summed E-state index contributed by atoms with van der Waals surface area (Å²) in [5, 5.41) is 13.8. The number of quaternary nitrogens is 1. The van der Waals surface area contributed by atoms with Crippen LogP contribution in [0.25, 0.3) is 0 Å². The van der Waals surface area contributed by atoms with Crippen molar-refractivity contribution in [3.8, 4) is 0 Å². The summed E-state index contributed by atoms with van der Waals surface area (Å²) in [4.78, 5) is 25.3. The molecule has 1 amide bonds. The molecule has 0 spiro atoms. The van der Waals surface area contributed by atoms with Crippen molar-refractivity contribution in [1.82, 2.24) is 5.32 Å². The minimum atomic E-state index is -4.60. The molecular formula is C51H95N2O6P. The number of rotatable bonds is 44. The third kappa shape index (κ3) is 44.3. The minimum Gasteiger partial charge on any atom is -0.756 e. The maximum atomic E-state index is 12.9. The zero-order valence-corrected chi connectivity index (χ0v) is 40.5. The first-order valence-electron chi connectivity index (χ1n) is 24.7. The van der Waals surface area contributed by atoms with Crippen LogP contribution in [0.2, 0.25) is 0 Å². The van der Waals surface area contributed by atoms with Gasteiger partial charge in [0.05, 0.1) is 39.9 Å². The van der Waals surface area contributed by atoms with Crippen LogP contribution in [-0.4, -0.2) is 68.5 Å². The SMILES string of the molecule is CC/C=C\C/C=C\C/C=C\C/C=C\CCCCC(=O)NC(COP(=O)([O-])OCC[N+](C)(C)C)C(O)/C=C/CCCCCCCCCCCCCCCCCCCCCCC. The standard InChI is InChI=1S/C51H95N2O6P/c1-6-8-10-12-14-16-18-20-22-23-24-25-26-27-28-29-31-32-34-36-38-40-42-44-50(54)49(48-59-60(56,57)58-47-46-53(3,4)5)52-51(55)45-43-41-39-37-35-33-30-21-19-17-15-13-11-9-7-2/h9,11,15,17,21,30,35,37,42,44,49-50,54H,6-8,10,12-14,16,18-20,22-29,31-34,36,38-41,43,45-48H2,1-5H3,(H-,52,55,56,57)/b11-9-,17-15-,30-21-,37-35-,44-42+. The first kappa shape index (κ1) is 58.2. The van der Waals surface area contributed by atoms with Gasteiger partial charge in [0, 0.05) is 6.42 Å². The Balaban J connectivity index is 4.36. The lowest BCUT2D eigenvalue weighted by Gasteiger charge is -2.29. The Kier molecular flexibility index (Phi) is 41.2. The second-order valence-corrected chi connectivity index (χ2v) is 19.2.